The van der Waals surface area contributed by atoms with Gasteiger partial charge in [-0.05, 0) is 52.4 Å². The van der Waals surface area contributed by atoms with Gasteiger partial charge in [-0.15, -0.1) is 24.0 Å². The number of aromatic nitrogens is 2. The second kappa shape index (κ2) is 12.2. The van der Waals surface area contributed by atoms with E-state index in [0.717, 1.165) is 44.3 Å². The van der Waals surface area contributed by atoms with Gasteiger partial charge in [-0.3, -0.25) is 4.99 Å². The van der Waals surface area contributed by atoms with Crippen LogP contribution in [-0.4, -0.2) is 76.9 Å². The van der Waals surface area contributed by atoms with Crippen LogP contribution in [0.25, 0.3) is 0 Å². The molecule has 188 valence electrons. The number of rotatable bonds is 7. The Balaban J connectivity index is 0.00000385. The lowest BCUT2D eigenvalue weighted by atomic mass is 10.0. The van der Waals surface area contributed by atoms with Gasteiger partial charge in [0.25, 0.3) is 0 Å². The molecule has 1 saturated carbocycles. The molecule has 10 heteroatoms. The van der Waals surface area contributed by atoms with Crippen molar-refractivity contribution in [3.8, 4) is 0 Å². The molecule has 1 amide bonds. The van der Waals surface area contributed by atoms with Gasteiger partial charge < -0.3 is 24.4 Å². The Bertz CT molecular complexity index is 779. The lowest BCUT2D eigenvalue weighted by Crippen LogP contribution is -2.52. The number of nitrogens with zero attached hydrogens (tertiary/aromatic N) is 5. The summed E-state index contributed by atoms with van der Waals surface area (Å²) >= 11 is 0. The molecule has 0 radical (unpaired) electrons. The average molecular weight is 577 g/mol. The summed E-state index contributed by atoms with van der Waals surface area (Å²) in [6.07, 6.45) is 4.73. The van der Waals surface area contributed by atoms with E-state index >= 15 is 0 Å². The van der Waals surface area contributed by atoms with Crippen LogP contribution in [0.4, 0.5) is 4.79 Å². The highest BCUT2D eigenvalue weighted by Gasteiger charge is 2.35. The number of piperidine rings is 1. The Morgan fingerprint density at radius 1 is 1.27 bits per heavy atom. The summed E-state index contributed by atoms with van der Waals surface area (Å²) in [5.74, 6) is 3.15. The van der Waals surface area contributed by atoms with Gasteiger partial charge in [0.15, 0.2) is 11.8 Å². The van der Waals surface area contributed by atoms with Crippen LogP contribution in [0.3, 0.4) is 0 Å². The molecule has 0 spiro atoms. The average Bonchev–Trinajstić information content (AvgIpc) is 3.42. The third kappa shape index (κ3) is 8.60. The molecule has 0 bridgehead atoms. The number of ether oxygens (including phenoxy) is 1. The fraction of sp³-hybridized carbons (Fsp3) is 0.826. The Morgan fingerprint density at radius 2 is 1.94 bits per heavy atom. The smallest absolute Gasteiger partial charge is 0.410 e. The summed E-state index contributed by atoms with van der Waals surface area (Å²) in [7, 11) is 1.80. The van der Waals surface area contributed by atoms with E-state index in [-0.39, 0.29) is 42.0 Å². The lowest BCUT2D eigenvalue weighted by Gasteiger charge is -2.40. The zero-order valence-electron chi connectivity index (χ0n) is 21.0. The molecule has 2 heterocycles. The number of nitrogens with one attached hydrogen (secondary N) is 1. The van der Waals surface area contributed by atoms with Gasteiger partial charge in [0, 0.05) is 51.6 Å². The third-order valence-corrected chi connectivity index (χ3v) is 5.82. The molecule has 0 aromatic carbocycles. The van der Waals surface area contributed by atoms with E-state index in [9.17, 15) is 4.79 Å². The van der Waals surface area contributed by atoms with E-state index in [1.165, 1.54) is 12.8 Å². The Kier molecular flexibility index (Phi) is 10.2. The summed E-state index contributed by atoms with van der Waals surface area (Å²) in [5, 5.41) is 7.42. The number of likely N-dealkylation sites (tertiary alicyclic amines) is 1. The standard InChI is InChI=1S/C23H40N6O3.HI/c1-16(2)20-26-19(32-27-20)9-12-25-21(24-6)28-13-10-18(11-14-28)29(15-17-7-8-17)22(30)31-23(3,4)5;/h16-18H,7-15H2,1-6H3,(H,24,25);1H. The van der Waals surface area contributed by atoms with Crippen molar-refractivity contribution in [1.29, 1.82) is 0 Å². The summed E-state index contributed by atoms with van der Waals surface area (Å²) in [4.78, 5) is 26.0. The molecule has 1 aromatic rings. The first kappa shape index (κ1) is 27.7. The van der Waals surface area contributed by atoms with Crippen LogP contribution in [0.15, 0.2) is 9.52 Å². The van der Waals surface area contributed by atoms with E-state index in [1.807, 2.05) is 39.5 Å². The fourth-order valence-electron chi connectivity index (χ4n) is 3.88. The molecule has 2 fully saturated rings. The van der Waals surface area contributed by atoms with Gasteiger partial charge in [-0.2, -0.15) is 4.98 Å². The van der Waals surface area contributed by atoms with Crippen LogP contribution in [0.5, 0.6) is 0 Å². The van der Waals surface area contributed by atoms with Crippen LogP contribution in [-0.2, 0) is 11.2 Å². The quantitative estimate of drug-likeness (QED) is 0.298. The normalized spacial score (nSPS) is 17.7. The highest BCUT2D eigenvalue weighted by Crippen LogP contribution is 2.32. The number of halogens is 1. The molecule has 9 nitrogen and oxygen atoms in total. The molecule has 0 atom stereocenters. The molecule has 3 rings (SSSR count). The van der Waals surface area contributed by atoms with Crippen molar-refractivity contribution in [1.82, 2.24) is 25.3 Å². The predicted octanol–water partition coefficient (Wildman–Crippen LogP) is 4.04. The monoisotopic (exact) mass is 576 g/mol. The zero-order chi connectivity index (χ0) is 23.3. The Labute approximate surface area is 215 Å². The largest absolute Gasteiger partial charge is 0.444 e. The minimum atomic E-state index is -0.472. The van der Waals surface area contributed by atoms with Crippen molar-refractivity contribution < 1.29 is 14.1 Å². The van der Waals surface area contributed by atoms with Gasteiger partial charge >= 0.3 is 6.09 Å². The van der Waals surface area contributed by atoms with E-state index in [0.29, 0.717) is 24.8 Å². The Morgan fingerprint density at radius 3 is 2.45 bits per heavy atom. The van der Waals surface area contributed by atoms with Gasteiger partial charge in [-0.1, -0.05) is 19.0 Å². The maximum absolute atomic E-state index is 12.8. The van der Waals surface area contributed by atoms with Crippen molar-refractivity contribution in [2.75, 3.05) is 33.2 Å². The molecule has 1 aliphatic carbocycles. The molecule has 33 heavy (non-hydrogen) atoms. The van der Waals surface area contributed by atoms with E-state index < -0.39 is 5.60 Å². The molecule has 1 saturated heterocycles. The maximum Gasteiger partial charge on any atom is 0.410 e. The van der Waals surface area contributed by atoms with Gasteiger partial charge in [-0.25, -0.2) is 4.79 Å². The zero-order valence-corrected chi connectivity index (χ0v) is 23.3. The summed E-state index contributed by atoms with van der Waals surface area (Å²) in [5.41, 5.74) is -0.472. The third-order valence-electron chi connectivity index (χ3n) is 5.82. The first-order chi connectivity index (χ1) is 15.2. The van der Waals surface area contributed by atoms with Crippen molar-refractivity contribution in [3.63, 3.8) is 0 Å². The first-order valence-electron chi connectivity index (χ1n) is 11.9. The van der Waals surface area contributed by atoms with Crippen LogP contribution in [0.2, 0.25) is 0 Å². The molecular weight excluding hydrogens is 535 g/mol. The number of guanidine groups is 1. The van der Waals surface area contributed by atoms with Crippen LogP contribution in [0.1, 0.15) is 77.9 Å². The molecule has 2 aliphatic rings. The lowest BCUT2D eigenvalue weighted by molar-refractivity contribution is 0.00928. The highest BCUT2D eigenvalue weighted by molar-refractivity contribution is 14.0. The summed E-state index contributed by atoms with van der Waals surface area (Å²) in [6.45, 7) is 13.1. The van der Waals surface area contributed by atoms with Gasteiger partial charge in [0.1, 0.15) is 5.60 Å². The van der Waals surface area contributed by atoms with Crippen LogP contribution < -0.4 is 5.32 Å². The summed E-state index contributed by atoms with van der Waals surface area (Å²) in [6, 6.07) is 0.215. The SMILES string of the molecule is CN=C(NCCc1nc(C(C)C)no1)N1CCC(N(CC2CC2)C(=O)OC(C)(C)C)CC1.I. The van der Waals surface area contributed by atoms with Gasteiger partial charge in [0.05, 0.1) is 0 Å². The second-order valence-corrected chi connectivity index (χ2v) is 10.2. The number of carbonyl (C=O) groups excluding carboxylic acids is 1. The van der Waals surface area contributed by atoms with E-state index in [1.54, 1.807) is 7.05 Å². The van der Waals surface area contributed by atoms with Crippen molar-refractivity contribution >= 4 is 36.0 Å². The maximum atomic E-state index is 12.8. The molecule has 1 aliphatic heterocycles. The van der Waals surface area contributed by atoms with Crippen molar-refractivity contribution in [3.05, 3.63) is 11.7 Å². The van der Waals surface area contributed by atoms with Crippen molar-refractivity contribution in [2.45, 2.75) is 84.3 Å². The Hall–Kier alpha value is -1.59. The van der Waals surface area contributed by atoms with E-state index in [4.69, 9.17) is 9.26 Å². The minimum Gasteiger partial charge on any atom is -0.444 e. The predicted molar refractivity (Wildman–Crippen MR) is 139 cm³/mol. The number of hydrogen-bond donors (Lipinski definition) is 1. The highest BCUT2D eigenvalue weighted by atomic mass is 127. The topological polar surface area (TPSA) is 96.1 Å². The number of aliphatic imine (C=N–C) groups is 1. The number of hydrogen-bond acceptors (Lipinski definition) is 6. The molecule has 0 unspecified atom stereocenters. The summed E-state index contributed by atoms with van der Waals surface area (Å²) < 4.78 is 11.0. The number of amides is 1. The van der Waals surface area contributed by atoms with Crippen LogP contribution in [0, 0.1) is 5.92 Å². The first-order valence-corrected chi connectivity index (χ1v) is 11.9. The second-order valence-electron chi connectivity index (χ2n) is 10.2. The molecule has 1 aromatic heterocycles. The molecule has 1 N–H and O–H groups in total. The van der Waals surface area contributed by atoms with E-state index in [2.05, 4.69) is 25.3 Å². The minimum absolute atomic E-state index is 0. The molecular formula is C23H41IN6O3. The van der Waals surface area contributed by atoms with Gasteiger partial charge in [0.2, 0.25) is 5.89 Å². The van der Waals surface area contributed by atoms with Crippen molar-refractivity contribution in [2.24, 2.45) is 10.9 Å². The number of carbonyl (C=O) groups is 1. The van der Waals surface area contributed by atoms with Crippen LogP contribution >= 0.6 is 24.0 Å². The fourth-order valence-corrected chi connectivity index (χ4v) is 3.88.